The predicted molar refractivity (Wildman–Crippen MR) is 70.6 cm³/mol. The van der Waals surface area contributed by atoms with E-state index in [1.165, 1.54) is 32.1 Å². The van der Waals surface area contributed by atoms with Crippen LogP contribution in [0.3, 0.4) is 0 Å². The Kier molecular flexibility index (Phi) is 2.25. The van der Waals surface area contributed by atoms with Gasteiger partial charge in [-0.1, -0.05) is 0 Å². The Morgan fingerprint density at radius 3 is 2.22 bits per heavy atom. The average Bonchev–Trinajstić information content (AvgIpc) is 2.70. The van der Waals surface area contributed by atoms with Crippen LogP contribution in [0, 0.1) is 23.7 Å². The second kappa shape index (κ2) is 3.73. The third-order valence-corrected chi connectivity index (χ3v) is 5.59. The lowest BCUT2D eigenvalue weighted by Crippen LogP contribution is -2.46. The van der Waals surface area contributed by atoms with Crippen LogP contribution < -0.4 is 11.5 Å². The molecule has 0 spiro atoms. The Bertz CT molecular complexity index is 436. The Balaban J connectivity index is 1.70. The van der Waals surface area contributed by atoms with E-state index >= 15 is 0 Å². The van der Waals surface area contributed by atoms with E-state index in [9.17, 15) is 0 Å². The number of rotatable bonds is 2. The third-order valence-electron chi connectivity index (χ3n) is 5.59. The van der Waals surface area contributed by atoms with Gasteiger partial charge in [0.1, 0.15) is 5.82 Å². The highest BCUT2D eigenvalue weighted by atomic mass is 15.3. The highest BCUT2D eigenvalue weighted by Crippen LogP contribution is 2.58. The molecule has 5 rings (SSSR count). The molecular weight excluding hydrogens is 224 g/mol. The maximum atomic E-state index is 6.21. The zero-order chi connectivity index (χ0) is 12.3. The fourth-order valence-corrected chi connectivity index (χ4v) is 5.10. The van der Waals surface area contributed by atoms with Gasteiger partial charge in [0.25, 0.3) is 0 Å². The molecule has 4 heteroatoms. The molecule has 4 aliphatic rings. The van der Waals surface area contributed by atoms with E-state index in [4.69, 9.17) is 11.5 Å². The van der Waals surface area contributed by atoms with Crippen LogP contribution in [0.15, 0.2) is 6.20 Å². The van der Waals surface area contributed by atoms with Crippen molar-refractivity contribution in [1.29, 1.82) is 0 Å². The SMILES string of the molecule is NCc1cnn(C2C3CC4CC(C3)CC2C4)c1N. The zero-order valence-corrected chi connectivity index (χ0v) is 10.8. The molecular formula is C14H22N4. The molecule has 0 atom stereocenters. The molecule has 4 aliphatic carbocycles. The first kappa shape index (κ1) is 10.9. The van der Waals surface area contributed by atoms with Crippen molar-refractivity contribution < 1.29 is 0 Å². The van der Waals surface area contributed by atoms with E-state index in [-0.39, 0.29) is 0 Å². The smallest absolute Gasteiger partial charge is 0.126 e. The van der Waals surface area contributed by atoms with E-state index in [2.05, 4.69) is 9.78 Å². The molecule has 0 amide bonds. The summed E-state index contributed by atoms with van der Waals surface area (Å²) in [5.74, 6) is 4.43. The maximum absolute atomic E-state index is 6.21. The van der Waals surface area contributed by atoms with Crippen molar-refractivity contribution in [3.05, 3.63) is 11.8 Å². The van der Waals surface area contributed by atoms with Crippen LogP contribution in [-0.4, -0.2) is 9.78 Å². The normalized spacial score (nSPS) is 41.5. The third kappa shape index (κ3) is 1.38. The summed E-state index contributed by atoms with van der Waals surface area (Å²) in [5.41, 5.74) is 12.9. The van der Waals surface area contributed by atoms with Crippen LogP contribution in [0.1, 0.15) is 43.7 Å². The van der Waals surface area contributed by atoms with Crippen molar-refractivity contribution in [1.82, 2.24) is 9.78 Å². The summed E-state index contributed by atoms with van der Waals surface area (Å²) in [7, 11) is 0. The number of aromatic nitrogens is 2. The molecule has 4 saturated carbocycles. The van der Waals surface area contributed by atoms with Gasteiger partial charge in [-0.25, -0.2) is 4.68 Å². The van der Waals surface area contributed by atoms with Gasteiger partial charge < -0.3 is 11.5 Å². The van der Waals surface area contributed by atoms with E-state index in [0.29, 0.717) is 12.6 Å². The highest BCUT2D eigenvalue weighted by molar-refractivity contribution is 5.39. The lowest BCUT2D eigenvalue weighted by atomic mass is 9.54. The average molecular weight is 246 g/mol. The van der Waals surface area contributed by atoms with Gasteiger partial charge in [-0.3, -0.25) is 0 Å². The molecule has 4 fully saturated rings. The van der Waals surface area contributed by atoms with Crippen molar-refractivity contribution in [2.75, 3.05) is 5.73 Å². The van der Waals surface area contributed by atoms with Crippen LogP contribution >= 0.6 is 0 Å². The van der Waals surface area contributed by atoms with Gasteiger partial charge in [0.05, 0.1) is 12.2 Å². The number of hydrogen-bond acceptors (Lipinski definition) is 3. The molecule has 4 bridgehead atoms. The summed E-state index contributed by atoms with van der Waals surface area (Å²) >= 11 is 0. The highest BCUT2D eigenvalue weighted by Gasteiger charge is 2.49. The van der Waals surface area contributed by atoms with Crippen molar-refractivity contribution in [2.24, 2.45) is 29.4 Å². The van der Waals surface area contributed by atoms with E-state index in [1.54, 1.807) is 0 Å². The number of nitrogens with two attached hydrogens (primary N) is 2. The number of hydrogen-bond donors (Lipinski definition) is 2. The number of nitrogens with zero attached hydrogens (tertiary/aromatic N) is 2. The molecule has 0 radical (unpaired) electrons. The van der Waals surface area contributed by atoms with Gasteiger partial charge in [0.2, 0.25) is 0 Å². The number of anilines is 1. The Labute approximate surface area is 108 Å². The van der Waals surface area contributed by atoms with Crippen LogP contribution in [0.4, 0.5) is 5.82 Å². The summed E-state index contributed by atoms with van der Waals surface area (Å²) in [6, 6.07) is 0.554. The first-order chi connectivity index (χ1) is 8.76. The molecule has 1 aromatic rings. The first-order valence-electron chi connectivity index (χ1n) is 7.28. The fourth-order valence-electron chi connectivity index (χ4n) is 5.10. The second-order valence-electron chi connectivity index (χ2n) is 6.63. The van der Waals surface area contributed by atoms with E-state index in [1.807, 2.05) is 6.20 Å². The van der Waals surface area contributed by atoms with Crippen molar-refractivity contribution in [2.45, 2.75) is 44.7 Å². The summed E-state index contributed by atoms with van der Waals surface area (Å²) in [5, 5.41) is 4.54. The fraction of sp³-hybridized carbons (Fsp3) is 0.786. The summed E-state index contributed by atoms with van der Waals surface area (Å²) in [6.07, 6.45) is 8.94. The van der Waals surface area contributed by atoms with Crippen LogP contribution in [-0.2, 0) is 6.54 Å². The monoisotopic (exact) mass is 246 g/mol. The minimum Gasteiger partial charge on any atom is -0.384 e. The molecule has 0 aromatic carbocycles. The van der Waals surface area contributed by atoms with Crippen molar-refractivity contribution in [3.8, 4) is 0 Å². The van der Waals surface area contributed by atoms with Gasteiger partial charge in [0, 0.05) is 12.1 Å². The van der Waals surface area contributed by atoms with Crippen LogP contribution in [0.25, 0.3) is 0 Å². The molecule has 4 nitrogen and oxygen atoms in total. The van der Waals surface area contributed by atoms with Gasteiger partial charge >= 0.3 is 0 Å². The molecule has 0 unspecified atom stereocenters. The molecule has 1 aromatic heterocycles. The topological polar surface area (TPSA) is 69.9 Å². The molecule has 0 aliphatic heterocycles. The molecule has 18 heavy (non-hydrogen) atoms. The largest absolute Gasteiger partial charge is 0.384 e. The Morgan fingerprint density at radius 2 is 1.72 bits per heavy atom. The molecule has 98 valence electrons. The summed E-state index contributed by atoms with van der Waals surface area (Å²) < 4.78 is 2.11. The minimum absolute atomic E-state index is 0.499. The van der Waals surface area contributed by atoms with Gasteiger partial charge in [-0.15, -0.1) is 0 Å². The van der Waals surface area contributed by atoms with Crippen LogP contribution in [0.2, 0.25) is 0 Å². The van der Waals surface area contributed by atoms with Crippen molar-refractivity contribution in [3.63, 3.8) is 0 Å². The van der Waals surface area contributed by atoms with Crippen molar-refractivity contribution >= 4 is 5.82 Å². The quantitative estimate of drug-likeness (QED) is 0.837. The first-order valence-corrected chi connectivity index (χ1v) is 7.28. The van der Waals surface area contributed by atoms with Gasteiger partial charge in [0.15, 0.2) is 0 Å². The van der Waals surface area contributed by atoms with E-state index in [0.717, 1.165) is 35.1 Å². The summed E-state index contributed by atoms with van der Waals surface area (Å²) in [4.78, 5) is 0. The maximum Gasteiger partial charge on any atom is 0.126 e. The Hall–Kier alpha value is -1.03. The Morgan fingerprint density at radius 1 is 1.11 bits per heavy atom. The minimum atomic E-state index is 0.499. The van der Waals surface area contributed by atoms with Gasteiger partial charge in [-0.05, 0) is 55.8 Å². The summed E-state index contributed by atoms with van der Waals surface area (Å²) in [6.45, 7) is 0.499. The lowest BCUT2D eigenvalue weighted by Gasteiger charge is -2.54. The standard InChI is InChI=1S/C14H22N4/c15-6-12-7-17-18(14(12)16)13-10-2-8-1-9(4-10)5-11(13)3-8/h7-11,13H,1-6,15-16H2. The molecule has 4 N–H and O–H groups in total. The van der Waals surface area contributed by atoms with E-state index < -0.39 is 0 Å². The second-order valence-corrected chi connectivity index (χ2v) is 6.63. The van der Waals surface area contributed by atoms with Gasteiger partial charge in [-0.2, -0.15) is 5.10 Å². The lowest BCUT2D eigenvalue weighted by molar-refractivity contribution is -0.0327. The number of nitrogen functional groups attached to an aromatic ring is 1. The molecule has 0 saturated heterocycles. The zero-order valence-electron chi connectivity index (χ0n) is 10.8. The molecule has 1 heterocycles. The van der Waals surface area contributed by atoms with Crippen LogP contribution in [0.5, 0.6) is 0 Å². The predicted octanol–water partition coefficient (Wildman–Crippen LogP) is 1.92.